The summed E-state index contributed by atoms with van der Waals surface area (Å²) in [6.45, 7) is 1.89. The first-order valence-electron chi connectivity index (χ1n) is 5.21. The molecule has 0 aliphatic heterocycles. The third-order valence-corrected chi connectivity index (χ3v) is 3.56. The molecule has 3 unspecified atom stereocenters. The molecule has 2 fully saturated rings. The topological polar surface area (TPSA) is 38.0 Å². The molecule has 0 saturated heterocycles. The summed E-state index contributed by atoms with van der Waals surface area (Å²) in [5, 5.41) is 0. The van der Waals surface area contributed by atoms with Crippen LogP contribution in [-0.4, -0.2) is 6.04 Å². The summed E-state index contributed by atoms with van der Waals surface area (Å²) >= 11 is 0. The van der Waals surface area contributed by atoms with E-state index in [1.807, 2.05) is 6.92 Å². The number of fused-ring (bicyclic) bond motifs is 1. The number of rotatable bonds is 3. The first-order chi connectivity index (χ1) is 6.35. The maximum absolute atomic E-state index is 5.54. The third-order valence-electron chi connectivity index (χ3n) is 3.56. The fourth-order valence-electron chi connectivity index (χ4n) is 2.66. The van der Waals surface area contributed by atoms with Crippen LogP contribution in [0.5, 0.6) is 0 Å². The van der Waals surface area contributed by atoms with E-state index in [1.54, 1.807) is 0 Å². The summed E-state index contributed by atoms with van der Waals surface area (Å²) < 4.78 is 0. The Morgan fingerprint density at radius 3 is 2.62 bits per heavy atom. The van der Waals surface area contributed by atoms with Crippen LogP contribution in [0.3, 0.4) is 0 Å². The normalized spacial score (nSPS) is 37.5. The van der Waals surface area contributed by atoms with Crippen molar-refractivity contribution in [2.75, 3.05) is 0 Å². The number of hydrogen-bond donors (Lipinski definition) is 2. The Bertz CT molecular complexity index is 228. The van der Waals surface area contributed by atoms with Gasteiger partial charge in [-0.25, -0.2) is 0 Å². The summed E-state index contributed by atoms with van der Waals surface area (Å²) in [5.74, 6) is 14.4. The molecule has 2 heteroatoms. The van der Waals surface area contributed by atoms with Gasteiger partial charge in [-0.15, -0.1) is 11.8 Å². The van der Waals surface area contributed by atoms with Gasteiger partial charge in [0, 0.05) is 12.5 Å². The van der Waals surface area contributed by atoms with Crippen LogP contribution < -0.4 is 11.3 Å². The van der Waals surface area contributed by atoms with Crippen molar-refractivity contribution in [3.63, 3.8) is 0 Å². The minimum atomic E-state index is 0.431. The van der Waals surface area contributed by atoms with Crippen LogP contribution in [0.1, 0.15) is 32.6 Å². The van der Waals surface area contributed by atoms with Gasteiger partial charge in [-0.2, -0.15) is 0 Å². The minimum absolute atomic E-state index is 0.431. The second-order valence-corrected chi connectivity index (χ2v) is 4.39. The first kappa shape index (κ1) is 9.05. The van der Waals surface area contributed by atoms with E-state index in [0.717, 1.165) is 24.2 Å². The molecule has 3 N–H and O–H groups in total. The van der Waals surface area contributed by atoms with Crippen molar-refractivity contribution in [2.45, 2.75) is 38.6 Å². The molecule has 2 nitrogen and oxygen atoms in total. The van der Waals surface area contributed by atoms with Crippen LogP contribution in [0, 0.1) is 29.6 Å². The van der Waals surface area contributed by atoms with E-state index in [0.29, 0.717) is 6.04 Å². The molecule has 72 valence electrons. The zero-order chi connectivity index (χ0) is 9.26. The Kier molecular flexibility index (Phi) is 2.57. The van der Waals surface area contributed by atoms with Crippen LogP contribution in [-0.2, 0) is 0 Å². The van der Waals surface area contributed by atoms with Gasteiger partial charge in [-0.3, -0.25) is 11.3 Å². The Morgan fingerprint density at radius 2 is 2.08 bits per heavy atom. The van der Waals surface area contributed by atoms with Gasteiger partial charge < -0.3 is 0 Å². The zero-order valence-electron chi connectivity index (χ0n) is 8.22. The zero-order valence-corrected chi connectivity index (χ0v) is 8.22. The number of hydrazine groups is 1. The monoisotopic (exact) mass is 178 g/mol. The van der Waals surface area contributed by atoms with E-state index in [4.69, 9.17) is 5.84 Å². The highest BCUT2D eigenvalue weighted by atomic mass is 15.2. The van der Waals surface area contributed by atoms with Crippen molar-refractivity contribution < 1.29 is 0 Å². The second kappa shape index (κ2) is 3.69. The Morgan fingerprint density at radius 1 is 1.38 bits per heavy atom. The maximum atomic E-state index is 5.54. The third kappa shape index (κ3) is 1.87. The highest BCUT2D eigenvalue weighted by Crippen LogP contribution is 2.55. The first-order valence-corrected chi connectivity index (χ1v) is 5.21. The average Bonchev–Trinajstić information content (AvgIpc) is 2.75. The number of nitrogens with two attached hydrogens (primary N) is 1. The van der Waals surface area contributed by atoms with Gasteiger partial charge in [0.05, 0.1) is 0 Å². The van der Waals surface area contributed by atoms with E-state index in [1.165, 1.54) is 19.3 Å². The fourth-order valence-corrected chi connectivity index (χ4v) is 2.66. The van der Waals surface area contributed by atoms with Crippen LogP contribution in [0.25, 0.3) is 0 Å². The Labute approximate surface area is 80.2 Å². The molecule has 0 aromatic carbocycles. The molecule has 2 rings (SSSR count). The van der Waals surface area contributed by atoms with Crippen LogP contribution in [0.4, 0.5) is 0 Å². The minimum Gasteiger partial charge on any atom is -0.271 e. The van der Waals surface area contributed by atoms with Gasteiger partial charge in [-0.05, 0) is 43.9 Å². The summed E-state index contributed by atoms with van der Waals surface area (Å²) in [7, 11) is 0. The predicted molar refractivity (Wildman–Crippen MR) is 53.5 cm³/mol. The van der Waals surface area contributed by atoms with Gasteiger partial charge in [0.15, 0.2) is 0 Å². The molecule has 2 saturated carbocycles. The van der Waals surface area contributed by atoms with Crippen molar-refractivity contribution in [3.8, 4) is 11.8 Å². The van der Waals surface area contributed by atoms with E-state index in [-0.39, 0.29) is 0 Å². The molecule has 0 heterocycles. The smallest absolute Gasteiger partial charge is 0.0348 e. The number of nitrogens with one attached hydrogen (secondary N) is 1. The number of hydrogen-bond acceptors (Lipinski definition) is 2. The maximum Gasteiger partial charge on any atom is 0.0348 e. The van der Waals surface area contributed by atoms with Crippen LogP contribution >= 0.6 is 0 Å². The molecule has 0 aromatic rings. The van der Waals surface area contributed by atoms with Gasteiger partial charge in [0.2, 0.25) is 0 Å². The van der Waals surface area contributed by atoms with Crippen LogP contribution in [0.2, 0.25) is 0 Å². The molecule has 0 radical (unpaired) electrons. The fraction of sp³-hybridized carbons (Fsp3) is 0.818. The lowest BCUT2D eigenvalue weighted by atomic mass is 9.93. The largest absolute Gasteiger partial charge is 0.271 e. The van der Waals surface area contributed by atoms with E-state index >= 15 is 0 Å². The highest BCUT2D eigenvalue weighted by Gasteiger charge is 2.47. The summed E-state index contributed by atoms with van der Waals surface area (Å²) in [5.41, 5.74) is 2.92. The standard InChI is InChI=1S/C11H18N2/c1-2-3-4-11(13-12)10-6-8-5-9(8)7-10/h8-11,13H,4-7,12H2,1H3. The van der Waals surface area contributed by atoms with Crippen molar-refractivity contribution in [1.82, 2.24) is 5.43 Å². The van der Waals surface area contributed by atoms with E-state index in [9.17, 15) is 0 Å². The van der Waals surface area contributed by atoms with Crippen molar-refractivity contribution in [2.24, 2.45) is 23.6 Å². The lowest BCUT2D eigenvalue weighted by Gasteiger charge is -2.21. The average molecular weight is 178 g/mol. The molecule has 0 aromatic heterocycles. The molecule has 0 bridgehead atoms. The Hall–Kier alpha value is -0.520. The summed E-state index contributed by atoms with van der Waals surface area (Å²) in [6.07, 6.45) is 5.15. The quantitative estimate of drug-likeness (QED) is 0.388. The van der Waals surface area contributed by atoms with Gasteiger partial charge >= 0.3 is 0 Å². The summed E-state index contributed by atoms with van der Waals surface area (Å²) in [6, 6.07) is 0.431. The van der Waals surface area contributed by atoms with E-state index < -0.39 is 0 Å². The summed E-state index contributed by atoms with van der Waals surface area (Å²) in [4.78, 5) is 0. The molecular formula is C11H18N2. The molecule has 13 heavy (non-hydrogen) atoms. The molecular weight excluding hydrogens is 160 g/mol. The molecule has 3 atom stereocenters. The highest BCUT2D eigenvalue weighted by molar-refractivity contribution is 5.04. The second-order valence-electron chi connectivity index (χ2n) is 4.39. The SMILES string of the molecule is CC#CCC(NN)C1CC2CC2C1. The van der Waals surface area contributed by atoms with Gasteiger partial charge in [0.25, 0.3) is 0 Å². The molecule has 0 spiro atoms. The lowest BCUT2D eigenvalue weighted by Crippen LogP contribution is -2.40. The van der Waals surface area contributed by atoms with Crippen LogP contribution in [0.15, 0.2) is 0 Å². The molecule has 2 aliphatic carbocycles. The van der Waals surface area contributed by atoms with E-state index in [2.05, 4.69) is 17.3 Å². The van der Waals surface area contributed by atoms with Crippen molar-refractivity contribution >= 4 is 0 Å². The lowest BCUT2D eigenvalue weighted by molar-refractivity contribution is 0.342. The predicted octanol–water partition coefficient (Wildman–Crippen LogP) is 1.28. The molecule has 2 aliphatic rings. The van der Waals surface area contributed by atoms with Crippen molar-refractivity contribution in [1.29, 1.82) is 0 Å². The van der Waals surface area contributed by atoms with Gasteiger partial charge in [-0.1, -0.05) is 0 Å². The Balaban J connectivity index is 1.84. The van der Waals surface area contributed by atoms with Crippen molar-refractivity contribution in [3.05, 3.63) is 0 Å². The van der Waals surface area contributed by atoms with Gasteiger partial charge in [0.1, 0.15) is 0 Å². The molecule has 0 amide bonds.